The molecule has 0 aliphatic carbocycles. The molecule has 0 radical (unpaired) electrons. The molecule has 0 amide bonds. The van der Waals surface area contributed by atoms with Crippen LogP contribution in [0.25, 0.3) is 22.2 Å². The molecule has 2 heterocycles. The van der Waals surface area contributed by atoms with Crippen LogP contribution in [-0.2, 0) is 6.42 Å². The van der Waals surface area contributed by atoms with Crippen LogP contribution in [0.1, 0.15) is 18.4 Å². The van der Waals surface area contributed by atoms with Crippen molar-refractivity contribution in [3.63, 3.8) is 0 Å². The van der Waals surface area contributed by atoms with E-state index < -0.39 is 6.36 Å². The molecule has 0 aliphatic heterocycles. The van der Waals surface area contributed by atoms with Gasteiger partial charge in [-0.15, -0.1) is 13.2 Å². The summed E-state index contributed by atoms with van der Waals surface area (Å²) in [5, 5.41) is 0.676. The van der Waals surface area contributed by atoms with Crippen LogP contribution in [-0.4, -0.2) is 30.0 Å². The second-order valence-corrected chi connectivity index (χ2v) is 6.04. The van der Waals surface area contributed by atoms with Gasteiger partial charge in [-0.25, -0.2) is 4.98 Å². The van der Waals surface area contributed by atoms with Gasteiger partial charge in [0, 0.05) is 17.1 Å². The van der Waals surface area contributed by atoms with Crippen LogP contribution in [0.2, 0.25) is 0 Å². The number of hydrogen-bond donors (Lipinski definition) is 2. The van der Waals surface area contributed by atoms with Crippen molar-refractivity contribution in [1.29, 1.82) is 0 Å². The summed E-state index contributed by atoms with van der Waals surface area (Å²) in [7, 11) is 1.53. The third-order valence-corrected chi connectivity index (χ3v) is 4.23. The van der Waals surface area contributed by atoms with Gasteiger partial charge in [-0.1, -0.05) is 0 Å². The van der Waals surface area contributed by atoms with E-state index >= 15 is 0 Å². The number of alkyl halides is 3. The zero-order valence-corrected chi connectivity index (χ0v) is 14.8. The average molecular weight is 379 g/mol. The monoisotopic (exact) mass is 379 g/mol. The summed E-state index contributed by atoms with van der Waals surface area (Å²) in [5.74, 6) is 0.190. The molecule has 2 aromatic heterocycles. The first-order valence-corrected chi connectivity index (χ1v) is 8.52. The Morgan fingerprint density at radius 3 is 2.70 bits per heavy atom. The molecular formula is C19H20F3N3O2. The number of pyridine rings is 1. The van der Waals surface area contributed by atoms with Gasteiger partial charge in [-0.05, 0) is 61.7 Å². The first-order chi connectivity index (χ1) is 12.9. The van der Waals surface area contributed by atoms with E-state index in [2.05, 4.69) is 14.7 Å². The molecule has 0 saturated heterocycles. The molecule has 8 heteroatoms. The number of nitrogens with one attached hydrogen (secondary N) is 1. The van der Waals surface area contributed by atoms with Gasteiger partial charge in [-0.2, -0.15) is 0 Å². The van der Waals surface area contributed by atoms with E-state index in [1.54, 1.807) is 18.3 Å². The largest absolute Gasteiger partial charge is 0.573 e. The third kappa shape index (κ3) is 4.33. The van der Waals surface area contributed by atoms with Crippen molar-refractivity contribution in [2.75, 3.05) is 13.7 Å². The standard InChI is InChI=1S/C19H20F3N3O2/c1-26-18-14(6-4-10-24-18)17-13(5-2-3-9-23)15-11-12(27-19(20,21)22)7-8-16(15)25-17/h4,6-8,10-11,25H,2-3,5,9,23H2,1H3. The van der Waals surface area contributed by atoms with Crippen molar-refractivity contribution in [1.82, 2.24) is 9.97 Å². The van der Waals surface area contributed by atoms with Crippen molar-refractivity contribution >= 4 is 10.9 Å². The highest BCUT2D eigenvalue weighted by Crippen LogP contribution is 2.37. The van der Waals surface area contributed by atoms with Crippen LogP contribution in [0.4, 0.5) is 13.2 Å². The molecule has 3 aromatic rings. The summed E-state index contributed by atoms with van der Waals surface area (Å²) in [6.45, 7) is 0.552. The van der Waals surface area contributed by atoms with Crippen LogP contribution in [0.5, 0.6) is 11.6 Å². The number of halogens is 3. The van der Waals surface area contributed by atoms with E-state index in [9.17, 15) is 13.2 Å². The number of rotatable bonds is 7. The molecule has 0 spiro atoms. The van der Waals surface area contributed by atoms with Crippen LogP contribution in [0, 0.1) is 0 Å². The van der Waals surface area contributed by atoms with Crippen molar-refractivity contribution in [3.05, 3.63) is 42.1 Å². The van der Waals surface area contributed by atoms with Gasteiger partial charge in [0.05, 0.1) is 18.4 Å². The normalized spacial score (nSPS) is 11.7. The molecule has 0 unspecified atom stereocenters. The molecular weight excluding hydrogens is 359 g/mol. The summed E-state index contributed by atoms with van der Waals surface area (Å²) in [6.07, 6.45) is -0.841. The quantitative estimate of drug-likeness (QED) is 0.596. The fourth-order valence-corrected chi connectivity index (χ4v) is 3.10. The highest BCUT2D eigenvalue weighted by atomic mass is 19.4. The Balaban J connectivity index is 2.13. The minimum atomic E-state index is -4.74. The predicted molar refractivity (Wildman–Crippen MR) is 96.8 cm³/mol. The summed E-state index contributed by atoms with van der Waals surface area (Å²) >= 11 is 0. The summed E-state index contributed by atoms with van der Waals surface area (Å²) < 4.78 is 47.2. The number of unbranched alkanes of at least 4 members (excludes halogenated alkanes) is 1. The molecule has 0 bridgehead atoms. The number of fused-ring (bicyclic) bond motifs is 1. The number of methoxy groups -OCH3 is 1. The fraction of sp³-hybridized carbons (Fsp3) is 0.316. The van der Waals surface area contributed by atoms with Gasteiger partial charge in [0.1, 0.15) is 5.75 Å². The van der Waals surface area contributed by atoms with Gasteiger partial charge in [0.2, 0.25) is 5.88 Å². The maximum absolute atomic E-state index is 12.6. The Morgan fingerprint density at radius 1 is 1.19 bits per heavy atom. The smallest absolute Gasteiger partial charge is 0.481 e. The highest BCUT2D eigenvalue weighted by molar-refractivity contribution is 5.92. The Bertz CT molecular complexity index is 922. The van der Waals surface area contributed by atoms with Crippen LogP contribution in [0.15, 0.2) is 36.5 Å². The lowest BCUT2D eigenvalue weighted by atomic mass is 10.0. The number of ether oxygens (including phenoxy) is 2. The lowest BCUT2D eigenvalue weighted by Crippen LogP contribution is -2.16. The Kier molecular flexibility index (Phi) is 5.55. The lowest BCUT2D eigenvalue weighted by molar-refractivity contribution is -0.274. The molecule has 0 saturated carbocycles. The second-order valence-electron chi connectivity index (χ2n) is 6.04. The van der Waals surface area contributed by atoms with Gasteiger partial charge in [-0.3, -0.25) is 0 Å². The van der Waals surface area contributed by atoms with Crippen molar-refractivity contribution in [3.8, 4) is 22.9 Å². The number of H-pyrrole nitrogens is 1. The van der Waals surface area contributed by atoms with Gasteiger partial charge in [0.25, 0.3) is 0 Å². The Hall–Kier alpha value is -2.74. The number of benzene rings is 1. The SMILES string of the molecule is COc1ncccc1-c1[nH]c2ccc(OC(F)(F)F)cc2c1CCCCN. The molecule has 3 rings (SSSR count). The molecule has 144 valence electrons. The van der Waals surface area contributed by atoms with Crippen molar-refractivity contribution in [2.45, 2.75) is 25.6 Å². The summed E-state index contributed by atoms with van der Waals surface area (Å²) in [5.41, 5.74) is 8.71. The number of aryl methyl sites for hydroxylation is 1. The molecule has 27 heavy (non-hydrogen) atoms. The van der Waals surface area contributed by atoms with E-state index in [1.165, 1.54) is 19.2 Å². The zero-order valence-electron chi connectivity index (χ0n) is 14.8. The fourth-order valence-electron chi connectivity index (χ4n) is 3.10. The topological polar surface area (TPSA) is 73.2 Å². The lowest BCUT2D eigenvalue weighted by Gasteiger charge is -2.10. The van der Waals surface area contributed by atoms with Crippen molar-refractivity contribution in [2.24, 2.45) is 5.73 Å². The maximum Gasteiger partial charge on any atom is 0.573 e. The number of nitrogens with zero attached hydrogens (tertiary/aromatic N) is 1. The van der Waals surface area contributed by atoms with E-state index in [4.69, 9.17) is 10.5 Å². The first-order valence-electron chi connectivity index (χ1n) is 8.52. The Labute approximate surface area is 154 Å². The highest BCUT2D eigenvalue weighted by Gasteiger charge is 2.31. The predicted octanol–water partition coefficient (Wildman–Crippen LogP) is 4.42. The maximum atomic E-state index is 12.6. The number of hydrogen-bond acceptors (Lipinski definition) is 4. The number of aromatic amines is 1. The van der Waals surface area contributed by atoms with E-state index in [0.29, 0.717) is 29.7 Å². The van der Waals surface area contributed by atoms with E-state index in [-0.39, 0.29) is 5.75 Å². The Morgan fingerprint density at radius 2 is 2.00 bits per heavy atom. The van der Waals surface area contributed by atoms with Crippen LogP contribution in [0.3, 0.4) is 0 Å². The van der Waals surface area contributed by atoms with Gasteiger partial charge in [0.15, 0.2) is 0 Å². The van der Waals surface area contributed by atoms with Gasteiger partial charge < -0.3 is 20.2 Å². The number of aromatic nitrogens is 2. The molecule has 3 N–H and O–H groups in total. The first kappa shape index (κ1) is 19.0. The molecule has 0 fully saturated rings. The van der Waals surface area contributed by atoms with Crippen LogP contribution < -0.4 is 15.2 Å². The second kappa shape index (κ2) is 7.87. The minimum Gasteiger partial charge on any atom is -0.481 e. The summed E-state index contributed by atoms with van der Waals surface area (Å²) in [6, 6.07) is 7.92. The van der Waals surface area contributed by atoms with E-state index in [1.807, 2.05) is 6.07 Å². The van der Waals surface area contributed by atoms with Gasteiger partial charge >= 0.3 is 6.36 Å². The summed E-state index contributed by atoms with van der Waals surface area (Å²) in [4.78, 5) is 7.50. The van der Waals surface area contributed by atoms with E-state index in [0.717, 1.165) is 29.7 Å². The molecule has 5 nitrogen and oxygen atoms in total. The van der Waals surface area contributed by atoms with Crippen molar-refractivity contribution < 1.29 is 22.6 Å². The minimum absolute atomic E-state index is 0.251. The number of nitrogens with two attached hydrogens (primary N) is 1. The molecule has 1 aromatic carbocycles. The van der Waals surface area contributed by atoms with Crippen LogP contribution >= 0.6 is 0 Å². The average Bonchev–Trinajstić information content (AvgIpc) is 2.98. The molecule has 0 aliphatic rings. The third-order valence-electron chi connectivity index (χ3n) is 4.23. The zero-order chi connectivity index (χ0) is 19.4. The molecule has 0 atom stereocenters.